The van der Waals surface area contributed by atoms with E-state index in [4.69, 9.17) is 10.2 Å². The summed E-state index contributed by atoms with van der Waals surface area (Å²) in [5, 5.41) is 2.19. The van der Waals surface area contributed by atoms with Gasteiger partial charge >= 0.3 is 0 Å². The van der Waals surface area contributed by atoms with E-state index in [9.17, 15) is 0 Å². The summed E-state index contributed by atoms with van der Waals surface area (Å²) in [4.78, 5) is 4.21. The average molecular weight is 176 g/mol. The van der Waals surface area contributed by atoms with Crippen LogP contribution in [0, 0.1) is 13.8 Å². The molecule has 0 saturated heterocycles. The Morgan fingerprint density at radius 2 is 2.15 bits per heavy atom. The Morgan fingerprint density at radius 3 is 2.85 bits per heavy atom. The summed E-state index contributed by atoms with van der Waals surface area (Å²) in [6.45, 7) is 4.35. The summed E-state index contributed by atoms with van der Waals surface area (Å²) < 4.78 is 5.51. The number of fused-ring (bicyclic) bond motifs is 1. The van der Waals surface area contributed by atoms with Crippen LogP contribution in [0.15, 0.2) is 16.7 Å². The second-order valence-corrected chi connectivity index (χ2v) is 3.10. The normalized spacial score (nSPS) is 11.0. The number of nitrogens with zero attached hydrogens (tertiary/aromatic N) is 1. The van der Waals surface area contributed by atoms with E-state index in [1.807, 2.05) is 19.9 Å². The molecule has 2 aromatic rings. The van der Waals surface area contributed by atoms with E-state index in [2.05, 4.69) is 4.98 Å². The van der Waals surface area contributed by atoms with Crippen LogP contribution in [0.1, 0.15) is 17.2 Å². The van der Waals surface area contributed by atoms with Gasteiger partial charge in [0.1, 0.15) is 11.5 Å². The van der Waals surface area contributed by atoms with Gasteiger partial charge in [-0.2, -0.15) is 0 Å². The molecule has 2 rings (SSSR count). The maximum atomic E-state index is 5.59. The SMILES string of the molecule is Cc1oc(C)c2c(CN)nccc12. The van der Waals surface area contributed by atoms with E-state index in [-0.39, 0.29) is 0 Å². The lowest BCUT2D eigenvalue weighted by molar-refractivity contribution is 0.510. The van der Waals surface area contributed by atoms with Crippen LogP contribution in [0.5, 0.6) is 0 Å². The molecule has 3 heteroatoms. The Morgan fingerprint density at radius 1 is 1.38 bits per heavy atom. The molecular weight excluding hydrogens is 164 g/mol. The first-order valence-electron chi connectivity index (χ1n) is 4.27. The van der Waals surface area contributed by atoms with Gasteiger partial charge in [0.05, 0.1) is 5.69 Å². The minimum absolute atomic E-state index is 0.456. The largest absolute Gasteiger partial charge is 0.465 e. The number of aryl methyl sites for hydroxylation is 2. The summed E-state index contributed by atoms with van der Waals surface area (Å²) >= 11 is 0. The highest BCUT2D eigenvalue weighted by molar-refractivity contribution is 5.88. The molecule has 2 N–H and O–H groups in total. The van der Waals surface area contributed by atoms with Gasteiger partial charge in [-0.25, -0.2) is 0 Å². The molecule has 2 heterocycles. The number of hydrogen-bond donors (Lipinski definition) is 1. The third-order valence-corrected chi connectivity index (χ3v) is 2.26. The lowest BCUT2D eigenvalue weighted by Crippen LogP contribution is -1.99. The summed E-state index contributed by atoms with van der Waals surface area (Å²) in [5.74, 6) is 1.84. The Bertz CT molecular complexity index is 445. The molecule has 13 heavy (non-hydrogen) atoms. The number of furan rings is 1. The lowest BCUT2D eigenvalue weighted by Gasteiger charge is -1.97. The van der Waals surface area contributed by atoms with Crippen molar-refractivity contribution in [3.8, 4) is 0 Å². The highest BCUT2D eigenvalue weighted by Crippen LogP contribution is 2.26. The molecule has 0 amide bonds. The standard InChI is InChI=1S/C10H12N2O/c1-6-8-3-4-12-9(5-11)10(8)7(2)13-6/h3-4H,5,11H2,1-2H3. The second-order valence-electron chi connectivity index (χ2n) is 3.10. The Labute approximate surface area is 76.6 Å². The van der Waals surface area contributed by atoms with Crippen LogP contribution < -0.4 is 5.73 Å². The zero-order valence-electron chi connectivity index (χ0n) is 7.79. The molecule has 0 fully saturated rings. The van der Waals surface area contributed by atoms with Gasteiger partial charge in [0.25, 0.3) is 0 Å². The molecule has 68 valence electrons. The Hall–Kier alpha value is -1.35. The van der Waals surface area contributed by atoms with Gasteiger partial charge in [-0.05, 0) is 19.9 Å². The first-order valence-corrected chi connectivity index (χ1v) is 4.27. The van der Waals surface area contributed by atoms with Gasteiger partial charge in [0.15, 0.2) is 0 Å². The van der Waals surface area contributed by atoms with Crippen molar-refractivity contribution < 1.29 is 4.42 Å². The Balaban J connectivity index is 2.88. The number of aromatic nitrogens is 1. The maximum absolute atomic E-state index is 5.59. The van der Waals surface area contributed by atoms with Crippen molar-refractivity contribution >= 4 is 10.8 Å². The first-order chi connectivity index (χ1) is 6.24. The molecule has 0 radical (unpaired) electrons. The maximum Gasteiger partial charge on any atom is 0.110 e. The molecule has 0 saturated carbocycles. The van der Waals surface area contributed by atoms with E-state index in [1.54, 1.807) is 6.20 Å². The smallest absolute Gasteiger partial charge is 0.110 e. The summed E-state index contributed by atoms with van der Waals surface area (Å²) in [6, 6.07) is 1.96. The molecule has 0 unspecified atom stereocenters. The van der Waals surface area contributed by atoms with Crippen molar-refractivity contribution in [3.05, 3.63) is 29.5 Å². The van der Waals surface area contributed by atoms with E-state index >= 15 is 0 Å². The van der Waals surface area contributed by atoms with Crippen molar-refractivity contribution in [1.82, 2.24) is 4.98 Å². The fourth-order valence-electron chi connectivity index (χ4n) is 1.68. The van der Waals surface area contributed by atoms with Crippen LogP contribution >= 0.6 is 0 Å². The van der Waals surface area contributed by atoms with Crippen molar-refractivity contribution in [3.63, 3.8) is 0 Å². The van der Waals surface area contributed by atoms with Crippen LogP contribution in [-0.2, 0) is 6.54 Å². The summed E-state index contributed by atoms with van der Waals surface area (Å²) in [6.07, 6.45) is 1.77. The third kappa shape index (κ3) is 1.12. The molecule has 2 aromatic heterocycles. The van der Waals surface area contributed by atoms with Crippen LogP contribution in [0.3, 0.4) is 0 Å². The Kier molecular flexibility index (Phi) is 1.81. The molecule has 0 spiro atoms. The molecule has 0 aliphatic carbocycles. The minimum atomic E-state index is 0.456. The minimum Gasteiger partial charge on any atom is -0.465 e. The molecule has 0 atom stereocenters. The number of nitrogens with two attached hydrogens (primary N) is 1. The molecule has 3 nitrogen and oxygen atoms in total. The summed E-state index contributed by atoms with van der Waals surface area (Å²) in [7, 11) is 0. The third-order valence-electron chi connectivity index (χ3n) is 2.26. The van der Waals surface area contributed by atoms with Gasteiger partial charge < -0.3 is 10.2 Å². The highest BCUT2D eigenvalue weighted by atomic mass is 16.3. The van der Waals surface area contributed by atoms with E-state index < -0.39 is 0 Å². The van der Waals surface area contributed by atoms with Crippen molar-refractivity contribution in [1.29, 1.82) is 0 Å². The van der Waals surface area contributed by atoms with Crippen molar-refractivity contribution in [2.75, 3.05) is 0 Å². The average Bonchev–Trinajstić information content (AvgIpc) is 2.43. The molecular formula is C10H12N2O. The predicted octanol–water partition coefficient (Wildman–Crippen LogP) is 1.90. The number of pyridine rings is 1. The van der Waals surface area contributed by atoms with Crippen molar-refractivity contribution in [2.24, 2.45) is 5.73 Å². The van der Waals surface area contributed by atoms with Gasteiger partial charge in [-0.15, -0.1) is 0 Å². The first kappa shape index (κ1) is 8.26. The monoisotopic (exact) mass is 176 g/mol. The van der Waals surface area contributed by atoms with E-state index in [0.29, 0.717) is 6.54 Å². The fourth-order valence-corrected chi connectivity index (χ4v) is 1.68. The predicted molar refractivity (Wildman–Crippen MR) is 51.4 cm³/mol. The van der Waals surface area contributed by atoms with E-state index in [1.165, 1.54) is 0 Å². The quantitative estimate of drug-likeness (QED) is 0.722. The van der Waals surface area contributed by atoms with Gasteiger partial charge in [0.2, 0.25) is 0 Å². The fraction of sp³-hybridized carbons (Fsp3) is 0.300. The molecule has 0 aromatic carbocycles. The van der Waals surface area contributed by atoms with Gasteiger partial charge in [-0.3, -0.25) is 4.98 Å². The van der Waals surface area contributed by atoms with Gasteiger partial charge in [0, 0.05) is 23.5 Å². The highest BCUT2D eigenvalue weighted by Gasteiger charge is 2.10. The van der Waals surface area contributed by atoms with Crippen LogP contribution in [-0.4, -0.2) is 4.98 Å². The van der Waals surface area contributed by atoms with Crippen molar-refractivity contribution in [2.45, 2.75) is 20.4 Å². The second kappa shape index (κ2) is 2.85. The zero-order chi connectivity index (χ0) is 9.42. The number of rotatable bonds is 1. The summed E-state index contributed by atoms with van der Waals surface area (Å²) in [5.41, 5.74) is 6.50. The lowest BCUT2D eigenvalue weighted by atomic mass is 10.1. The van der Waals surface area contributed by atoms with Crippen LogP contribution in [0.4, 0.5) is 0 Å². The van der Waals surface area contributed by atoms with Crippen LogP contribution in [0.25, 0.3) is 10.8 Å². The topological polar surface area (TPSA) is 52.0 Å². The molecule has 0 aliphatic rings. The van der Waals surface area contributed by atoms with Gasteiger partial charge in [-0.1, -0.05) is 0 Å². The molecule has 0 aliphatic heterocycles. The number of hydrogen-bond acceptors (Lipinski definition) is 3. The van der Waals surface area contributed by atoms with Crippen LogP contribution in [0.2, 0.25) is 0 Å². The molecule has 0 bridgehead atoms. The van der Waals surface area contributed by atoms with E-state index in [0.717, 1.165) is 28.0 Å². The zero-order valence-corrected chi connectivity index (χ0v) is 7.79.